The maximum atomic E-state index is 12.3. The number of hydrogen-bond acceptors (Lipinski definition) is 5. The zero-order valence-electron chi connectivity index (χ0n) is 11.1. The molecule has 0 spiro atoms. The number of nitrogens with one attached hydrogen (secondary N) is 1. The first kappa shape index (κ1) is 14.6. The number of carbonyl (C=O) groups excluding carboxylic acids is 1. The van der Waals surface area contributed by atoms with E-state index in [1.165, 1.54) is 23.1 Å². The Labute approximate surface area is 125 Å². The van der Waals surface area contributed by atoms with E-state index in [0.29, 0.717) is 16.4 Å². The molecular weight excluding hydrogens is 290 g/mol. The summed E-state index contributed by atoms with van der Waals surface area (Å²) < 4.78 is 0. The van der Waals surface area contributed by atoms with E-state index in [2.05, 4.69) is 16.4 Å². The summed E-state index contributed by atoms with van der Waals surface area (Å²) in [6, 6.07) is 9.32. The van der Waals surface area contributed by atoms with Crippen molar-refractivity contribution in [2.75, 3.05) is 11.1 Å². The van der Waals surface area contributed by atoms with Crippen LogP contribution >= 0.6 is 23.1 Å². The first-order valence-electron chi connectivity index (χ1n) is 5.96. The average molecular weight is 303 g/mol. The smallest absolute Gasteiger partial charge is 0.258 e. The molecule has 2 aromatic rings. The van der Waals surface area contributed by atoms with E-state index in [1.54, 1.807) is 6.07 Å². The zero-order valence-corrected chi connectivity index (χ0v) is 12.8. The normalized spacial score (nSPS) is 10.1. The molecule has 102 valence electrons. The second-order valence-electron chi connectivity index (χ2n) is 4.06. The number of aryl methyl sites for hydroxylation is 2. The molecule has 1 aromatic carbocycles. The molecule has 0 saturated heterocycles. The summed E-state index contributed by atoms with van der Waals surface area (Å²) in [7, 11) is 0. The minimum atomic E-state index is -0.195. The molecule has 0 fully saturated rings. The highest BCUT2D eigenvalue weighted by Crippen LogP contribution is 2.25. The second kappa shape index (κ2) is 6.55. The molecule has 0 aliphatic carbocycles. The number of benzene rings is 1. The molecular formula is C14H13N3OS2. The highest BCUT2D eigenvalue weighted by molar-refractivity contribution is 7.99. The highest BCUT2D eigenvalue weighted by atomic mass is 32.2. The molecule has 0 bridgehead atoms. The Morgan fingerprint density at radius 3 is 2.85 bits per heavy atom. The van der Waals surface area contributed by atoms with Crippen LogP contribution in [-0.4, -0.2) is 16.6 Å². The summed E-state index contributed by atoms with van der Waals surface area (Å²) in [6.45, 7) is 3.89. The number of anilines is 1. The Bertz CT molecular complexity index is 654. The van der Waals surface area contributed by atoms with Gasteiger partial charge >= 0.3 is 0 Å². The van der Waals surface area contributed by atoms with Gasteiger partial charge in [-0.05, 0) is 26.0 Å². The molecule has 0 atom stereocenters. The number of amides is 1. The van der Waals surface area contributed by atoms with Crippen LogP contribution in [0.1, 0.15) is 20.9 Å². The number of thiazole rings is 1. The van der Waals surface area contributed by atoms with Crippen molar-refractivity contribution in [3.63, 3.8) is 0 Å². The molecule has 0 aliphatic rings. The standard InChI is InChI=1S/C14H13N3OS2/c1-9-10(2)20-14(16-9)17-13(18)11-5-3-4-6-12(11)19-8-7-15/h3-6H,8H2,1-2H3,(H,16,17,18). The Kier molecular flexibility index (Phi) is 4.77. The van der Waals surface area contributed by atoms with Crippen LogP contribution in [0.3, 0.4) is 0 Å². The van der Waals surface area contributed by atoms with Crippen LogP contribution in [0, 0.1) is 25.2 Å². The van der Waals surface area contributed by atoms with E-state index in [9.17, 15) is 4.79 Å². The molecule has 1 aromatic heterocycles. The average Bonchev–Trinajstić information content (AvgIpc) is 2.75. The largest absolute Gasteiger partial charge is 0.298 e. The van der Waals surface area contributed by atoms with Crippen molar-refractivity contribution < 1.29 is 4.79 Å². The SMILES string of the molecule is Cc1nc(NC(=O)c2ccccc2SCC#N)sc1C. The third kappa shape index (κ3) is 3.38. The van der Waals surface area contributed by atoms with Gasteiger partial charge in [-0.1, -0.05) is 12.1 Å². The summed E-state index contributed by atoms with van der Waals surface area (Å²) in [5, 5.41) is 12.1. The third-order valence-corrected chi connectivity index (χ3v) is 4.60. The van der Waals surface area contributed by atoms with Gasteiger partial charge in [0.1, 0.15) is 0 Å². The molecule has 0 saturated carbocycles. The van der Waals surface area contributed by atoms with Gasteiger partial charge in [-0.25, -0.2) is 4.98 Å². The molecule has 0 unspecified atom stereocenters. The topological polar surface area (TPSA) is 65.8 Å². The minimum absolute atomic E-state index is 0.195. The number of hydrogen-bond donors (Lipinski definition) is 1. The van der Waals surface area contributed by atoms with Crippen LogP contribution in [-0.2, 0) is 0 Å². The van der Waals surface area contributed by atoms with Gasteiger partial charge in [-0.15, -0.1) is 23.1 Å². The summed E-state index contributed by atoms with van der Waals surface area (Å²) in [5.74, 6) is 0.125. The monoisotopic (exact) mass is 303 g/mol. The number of nitrogens with zero attached hydrogens (tertiary/aromatic N) is 2. The van der Waals surface area contributed by atoms with Crippen molar-refractivity contribution in [3.8, 4) is 6.07 Å². The summed E-state index contributed by atoms with van der Waals surface area (Å²) in [4.78, 5) is 18.5. The van der Waals surface area contributed by atoms with Gasteiger partial charge in [0.05, 0.1) is 23.1 Å². The van der Waals surface area contributed by atoms with Gasteiger partial charge < -0.3 is 0 Å². The number of thioether (sulfide) groups is 1. The van der Waals surface area contributed by atoms with Gasteiger partial charge in [0, 0.05) is 9.77 Å². The van der Waals surface area contributed by atoms with Crippen molar-refractivity contribution in [2.24, 2.45) is 0 Å². The Hall–Kier alpha value is -1.84. The van der Waals surface area contributed by atoms with Gasteiger partial charge in [0.25, 0.3) is 5.91 Å². The highest BCUT2D eigenvalue weighted by Gasteiger charge is 2.13. The molecule has 0 aliphatic heterocycles. The van der Waals surface area contributed by atoms with Crippen LogP contribution in [0.4, 0.5) is 5.13 Å². The molecule has 1 N–H and O–H groups in total. The van der Waals surface area contributed by atoms with E-state index in [0.717, 1.165) is 15.5 Å². The fourth-order valence-corrected chi connectivity index (χ4v) is 3.10. The first-order chi connectivity index (χ1) is 9.61. The van der Waals surface area contributed by atoms with Crippen LogP contribution < -0.4 is 5.32 Å². The molecule has 1 heterocycles. The van der Waals surface area contributed by atoms with Crippen molar-refractivity contribution in [3.05, 3.63) is 40.4 Å². The van der Waals surface area contributed by atoms with Crippen molar-refractivity contribution in [2.45, 2.75) is 18.7 Å². The quantitative estimate of drug-likeness (QED) is 0.876. The third-order valence-electron chi connectivity index (χ3n) is 2.67. The lowest BCUT2D eigenvalue weighted by molar-refractivity contribution is 0.102. The number of aromatic nitrogens is 1. The summed E-state index contributed by atoms with van der Waals surface area (Å²) in [5.41, 5.74) is 1.50. The van der Waals surface area contributed by atoms with Gasteiger partial charge in [0.2, 0.25) is 0 Å². The summed E-state index contributed by atoms with van der Waals surface area (Å²) in [6.07, 6.45) is 0. The number of nitriles is 1. The van der Waals surface area contributed by atoms with Gasteiger partial charge in [0.15, 0.2) is 5.13 Å². The van der Waals surface area contributed by atoms with Crippen LogP contribution in [0.25, 0.3) is 0 Å². The predicted octanol–water partition coefficient (Wildman–Crippen LogP) is 3.63. The van der Waals surface area contributed by atoms with E-state index in [-0.39, 0.29) is 5.91 Å². The van der Waals surface area contributed by atoms with Crippen molar-refractivity contribution in [1.82, 2.24) is 4.98 Å². The number of carbonyl (C=O) groups is 1. The predicted molar refractivity (Wildman–Crippen MR) is 82.3 cm³/mol. The summed E-state index contributed by atoms with van der Waals surface area (Å²) >= 11 is 2.81. The van der Waals surface area contributed by atoms with E-state index < -0.39 is 0 Å². The minimum Gasteiger partial charge on any atom is -0.298 e. The maximum Gasteiger partial charge on any atom is 0.258 e. The molecule has 2 rings (SSSR count). The van der Waals surface area contributed by atoms with Crippen molar-refractivity contribution >= 4 is 34.1 Å². The Balaban J connectivity index is 2.19. The lowest BCUT2D eigenvalue weighted by Gasteiger charge is -2.06. The van der Waals surface area contributed by atoms with Crippen molar-refractivity contribution in [1.29, 1.82) is 5.26 Å². The number of rotatable bonds is 4. The Morgan fingerprint density at radius 2 is 2.20 bits per heavy atom. The molecule has 4 nitrogen and oxygen atoms in total. The van der Waals surface area contributed by atoms with E-state index >= 15 is 0 Å². The van der Waals surface area contributed by atoms with Gasteiger partial charge in [-0.2, -0.15) is 5.26 Å². The van der Waals surface area contributed by atoms with Crippen LogP contribution in [0.5, 0.6) is 0 Å². The molecule has 1 amide bonds. The molecule has 20 heavy (non-hydrogen) atoms. The lowest BCUT2D eigenvalue weighted by Crippen LogP contribution is -2.12. The van der Waals surface area contributed by atoms with E-state index in [1.807, 2.05) is 32.0 Å². The van der Waals surface area contributed by atoms with Crippen LogP contribution in [0.15, 0.2) is 29.2 Å². The first-order valence-corrected chi connectivity index (χ1v) is 7.76. The van der Waals surface area contributed by atoms with Crippen LogP contribution in [0.2, 0.25) is 0 Å². The lowest BCUT2D eigenvalue weighted by atomic mass is 10.2. The molecule has 6 heteroatoms. The fraction of sp³-hybridized carbons (Fsp3) is 0.214. The fourth-order valence-electron chi connectivity index (χ4n) is 1.58. The maximum absolute atomic E-state index is 12.3. The van der Waals surface area contributed by atoms with E-state index in [4.69, 9.17) is 5.26 Å². The second-order valence-corrected chi connectivity index (χ2v) is 6.28. The Morgan fingerprint density at radius 1 is 1.45 bits per heavy atom. The van der Waals surface area contributed by atoms with Gasteiger partial charge in [-0.3, -0.25) is 10.1 Å². The zero-order chi connectivity index (χ0) is 14.5. The molecule has 0 radical (unpaired) electrons.